The largest absolute Gasteiger partial charge is 0.384 e. The number of ether oxygens (including phenoxy) is 1. The minimum absolute atomic E-state index is 0.153. The van der Waals surface area contributed by atoms with E-state index in [2.05, 4.69) is 5.32 Å². The first-order valence-electron chi connectivity index (χ1n) is 8.17. The summed E-state index contributed by atoms with van der Waals surface area (Å²) in [5.41, 5.74) is -0.215. The normalized spacial score (nSPS) is 20.9. The van der Waals surface area contributed by atoms with E-state index in [1.807, 2.05) is 16.8 Å². The third-order valence-electron chi connectivity index (χ3n) is 4.32. The molecule has 2 N–H and O–H groups in total. The van der Waals surface area contributed by atoms with Gasteiger partial charge in [0.05, 0.1) is 12.6 Å². The number of hydrogen-bond acceptors (Lipinski definition) is 4. The van der Waals surface area contributed by atoms with Gasteiger partial charge in [-0.15, -0.1) is 0 Å². The molecule has 0 saturated heterocycles. The fourth-order valence-corrected chi connectivity index (χ4v) is 3.59. The van der Waals surface area contributed by atoms with E-state index >= 15 is 0 Å². The Morgan fingerprint density at radius 3 is 2.73 bits per heavy atom. The number of aliphatic hydroxyl groups is 1. The highest BCUT2D eigenvalue weighted by molar-refractivity contribution is 7.08. The van der Waals surface area contributed by atoms with Crippen LogP contribution in [0.2, 0.25) is 0 Å². The molecule has 1 aliphatic rings. The van der Waals surface area contributed by atoms with Crippen LogP contribution in [0, 0.1) is 0 Å². The van der Waals surface area contributed by atoms with E-state index in [0.29, 0.717) is 0 Å². The van der Waals surface area contributed by atoms with Gasteiger partial charge in [-0.25, -0.2) is 0 Å². The van der Waals surface area contributed by atoms with Crippen LogP contribution in [-0.2, 0) is 15.1 Å². The van der Waals surface area contributed by atoms with Gasteiger partial charge in [-0.1, -0.05) is 25.7 Å². The van der Waals surface area contributed by atoms with Crippen molar-refractivity contribution in [3.8, 4) is 0 Å². The van der Waals surface area contributed by atoms with Gasteiger partial charge >= 0.3 is 0 Å². The monoisotopic (exact) mass is 325 g/mol. The fourth-order valence-electron chi connectivity index (χ4n) is 2.80. The van der Waals surface area contributed by atoms with Crippen molar-refractivity contribution >= 4 is 17.2 Å². The summed E-state index contributed by atoms with van der Waals surface area (Å²) in [4.78, 5) is 12.2. The van der Waals surface area contributed by atoms with Crippen LogP contribution in [0.4, 0.5) is 0 Å². The van der Waals surface area contributed by atoms with E-state index in [4.69, 9.17) is 4.74 Å². The van der Waals surface area contributed by atoms with Crippen LogP contribution < -0.4 is 5.32 Å². The predicted molar refractivity (Wildman–Crippen MR) is 88.9 cm³/mol. The maximum atomic E-state index is 12.2. The lowest BCUT2D eigenvalue weighted by Gasteiger charge is -2.25. The summed E-state index contributed by atoms with van der Waals surface area (Å²) >= 11 is 1.53. The molecule has 2 rings (SSSR count). The highest BCUT2D eigenvalue weighted by atomic mass is 32.1. The van der Waals surface area contributed by atoms with Gasteiger partial charge in [0.25, 0.3) is 0 Å². The maximum absolute atomic E-state index is 12.2. The molecule has 1 aromatic heterocycles. The van der Waals surface area contributed by atoms with Crippen molar-refractivity contribution in [1.29, 1.82) is 0 Å². The highest BCUT2D eigenvalue weighted by Gasteiger charge is 2.26. The molecule has 1 amide bonds. The van der Waals surface area contributed by atoms with Crippen LogP contribution in [0.5, 0.6) is 0 Å². The van der Waals surface area contributed by atoms with E-state index < -0.39 is 11.7 Å². The average molecular weight is 325 g/mol. The van der Waals surface area contributed by atoms with Crippen molar-refractivity contribution in [1.82, 2.24) is 5.32 Å². The van der Waals surface area contributed by atoms with Crippen molar-refractivity contribution < 1.29 is 14.6 Å². The summed E-state index contributed by atoms with van der Waals surface area (Å²) in [6.07, 6.45) is 6.72. The first-order valence-corrected chi connectivity index (χ1v) is 9.11. The molecule has 2 atom stereocenters. The Morgan fingerprint density at radius 1 is 1.45 bits per heavy atom. The lowest BCUT2D eigenvalue weighted by molar-refractivity contribution is -0.137. The summed E-state index contributed by atoms with van der Waals surface area (Å²) in [6, 6.07) is 1.88. The summed E-state index contributed by atoms with van der Waals surface area (Å²) in [7, 11) is 0. The number of amides is 1. The molecule has 0 spiro atoms. The number of thiophene rings is 1. The van der Waals surface area contributed by atoms with Gasteiger partial charge in [0.1, 0.15) is 11.7 Å². The Labute approximate surface area is 136 Å². The highest BCUT2D eigenvalue weighted by Crippen LogP contribution is 2.23. The zero-order valence-corrected chi connectivity index (χ0v) is 14.3. The maximum Gasteiger partial charge on any atom is 0.248 e. The molecular weight excluding hydrogens is 298 g/mol. The quantitative estimate of drug-likeness (QED) is 0.790. The lowest BCUT2D eigenvalue weighted by Crippen LogP contribution is -2.43. The van der Waals surface area contributed by atoms with Crippen molar-refractivity contribution in [3.05, 3.63) is 22.4 Å². The van der Waals surface area contributed by atoms with Gasteiger partial charge < -0.3 is 15.2 Å². The van der Waals surface area contributed by atoms with Crippen molar-refractivity contribution in [2.75, 3.05) is 6.54 Å². The average Bonchev–Trinajstić information content (AvgIpc) is 2.92. The van der Waals surface area contributed by atoms with Crippen LogP contribution in [0.25, 0.3) is 0 Å². The van der Waals surface area contributed by atoms with Gasteiger partial charge in [0.2, 0.25) is 5.91 Å². The first kappa shape index (κ1) is 17.4. The molecular formula is C17H27NO3S. The first-order chi connectivity index (χ1) is 10.5. The molecule has 0 bridgehead atoms. The predicted octanol–water partition coefficient (Wildman–Crippen LogP) is 3.20. The summed E-state index contributed by atoms with van der Waals surface area (Å²) in [6.45, 7) is 3.70. The molecule has 1 fully saturated rings. The Kier molecular flexibility index (Phi) is 6.41. The second kappa shape index (κ2) is 8.09. The third kappa shape index (κ3) is 5.07. The van der Waals surface area contributed by atoms with Gasteiger partial charge in [0, 0.05) is 0 Å². The third-order valence-corrected chi connectivity index (χ3v) is 5.00. The second-order valence-corrected chi connectivity index (χ2v) is 7.18. The lowest BCUT2D eigenvalue weighted by atomic mass is 9.99. The number of carbonyl (C=O) groups excluding carboxylic acids is 1. The van der Waals surface area contributed by atoms with Gasteiger partial charge in [-0.2, -0.15) is 11.3 Å². The summed E-state index contributed by atoms with van der Waals surface area (Å²) in [5.74, 6) is -0.153. The minimum Gasteiger partial charge on any atom is -0.384 e. The number of nitrogens with one attached hydrogen (secondary N) is 1. The van der Waals surface area contributed by atoms with E-state index in [9.17, 15) is 9.90 Å². The van der Waals surface area contributed by atoms with Gasteiger partial charge in [-0.05, 0) is 49.1 Å². The van der Waals surface area contributed by atoms with Crippen LogP contribution in [0.1, 0.15) is 57.9 Å². The van der Waals surface area contributed by atoms with E-state index in [0.717, 1.165) is 18.4 Å². The summed E-state index contributed by atoms with van der Waals surface area (Å²) in [5, 5.41) is 17.0. The van der Waals surface area contributed by atoms with Crippen LogP contribution in [-0.4, -0.2) is 29.8 Å². The molecule has 22 heavy (non-hydrogen) atoms. The zero-order valence-electron chi connectivity index (χ0n) is 13.5. The number of carbonyl (C=O) groups is 1. The minimum atomic E-state index is -1.04. The van der Waals surface area contributed by atoms with Crippen molar-refractivity contribution in [2.24, 2.45) is 0 Å². The SMILES string of the molecule is CC(OC1CCCCCC1)C(=O)NCC(C)(O)c1ccsc1. The topological polar surface area (TPSA) is 58.6 Å². The Balaban J connectivity index is 1.78. The second-order valence-electron chi connectivity index (χ2n) is 6.40. The molecule has 1 saturated carbocycles. The van der Waals surface area contributed by atoms with E-state index in [1.165, 1.54) is 37.0 Å². The van der Waals surface area contributed by atoms with Crippen LogP contribution in [0.3, 0.4) is 0 Å². The molecule has 0 radical (unpaired) electrons. The van der Waals surface area contributed by atoms with Gasteiger partial charge in [0.15, 0.2) is 0 Å². The van der Waals surface area contributed by atoms with E-state index in [1.54, 1.807) is 13.8 Å². The number of hydrogen-bond donors (Lipinski definition) is 2. The fraction of sp³-hybridized carbons (Fsp3) is 0.706. The zero-order chi connectivity index (χ0) is 16.0. The van der Waals surface area contributed by atoms with Crippen LogP contribution in [0.15, 0.2) is 16.8 Å². The van der Waals surface area contributed by atoms with Crippen molar-refractivity contribution in [3.63, 3.8) is 0 Å². The molecule has 0 aromatic carbocycles. The summed E-state index contributed by atoms with van der Waals surface area (Å²) < 4.78 is 5.90. The van der Waals surface area contributed by atoms with E-state index in [-0.39, 0.29) is 18.6 Å². The van der Waals surface area contributed by atoms with Crippen molar-refractivity contribution in [2.45, 2.75) is 70.2 Å². The Hall–Kier alpha value is -0.910. The molecule has 0 aliphatic heterocycles. The molecule has 1 aliphatic carbocycles. The Morgan fingerprint density at radius 2 is 2.14 bits per heavy atom. The van der Waals surface area contributed by atoms with Crippen LogP contribution >= 0.6 is 11.3 Å². The standard InChI is InChI=1S/C17H27NO3S/c1-13(21-15-7-5-3-4-6-8-15)16(19)18-12-17(2,20)14-9-10-22-11-14/h9-11,13,15,20H,3-8,12H2,1-2H3,(H,18,19). The number of rotatable bonds is 6. The molecule has 124 valence electrons. The smallest absolute Gasteiger partial charge is 0.248 e. The molecule has 1 aromatic rings. The molecule has 5 heteroatoms. The van der Waals surface area contributed by atoms with Gasteiger partial charge in [-0.3, -0.25) is 4.79 Å². The molecule has 2 unspecified atom stereocenters. The molecule has 4 nitrogen and oxygen atoms in total. The Bertz CT molecular complexity index is 450. The molecule has 1 heterocycles.